The summed E-state index contributed by atoms with van der Waals surface area (Å²) in [5.41, 5.74) is 25.3. The van der Waals surface area contributed by atoms with Gasteiger partial charge >= 0.3 is 0 Å². The van der Waals surface area contributed by atoms with Crippen molar-refractivity contribution in [1.29, 1.82) is 0 Å². The molecule has 0 spiro atoms. The second-order valence-electron chi connectivity index (χ2n) is 30.4. The van der Waals surface area contributed by atoms with E-state index >= 15 is 4.39 Å². The standard InChI is InChI=1S/C74H85BFN3/c1-67(2,3)47-24-30-60(52(38-47)46-22-18-17-19-23-46)78-62-43-51(79-61-31-25-49(76)41-57(61)73(15)32-20-21-33-74(73,79)16)27-29-58(62)75-59-44-55-56(72(13,14)37-36-71(55,11)12)45-63(59)77(64-39-48(68(4,5)6)40-65(78)66(64)75)50-26-28-53-54(42-50)70(9,10)35-34-69(53,7)8/h17-19,22-31,38-45H,20-21,32-37H2,1-16H3. The highest BCUT2D eigenvalue weighted by molar-refractivity contribution is 7.00. The Morgan fingerprint density at radius 1 is 0.418 bits per heavy atom. The van der Waals surface area contributed by atoms with Crippen molar-refractivity contribution in [3.8, 4) is 11.1 Å². The molecule has 7 aromatic rings. The molecule has 3 aliphatic heterocycles. The van der Waals surface area contributed by atoms with Gasteiger partial charge in [0.2, 0.25) is 0 Å². The number of nitrogens with zero attached hydrogens (tertiary/aromatic N) is 3. The Balaban J connectivity index is 1.17. The van der Waals surface area contributed by atoms with E-state index in [1.165, 1.54) is 107 Å². The molecule has 6 aliphatic rings. The van der Waals surface area contributed by atoms with Gasteiger partial charge in [0.05, 0.1) is 11.2 Å². The summed E-state index contributed by atoms with van der Waals surface area (Å²) >= 11 is 0. The second kappa shape index (κ2) is 17.0. The first kappa shape index (κ1) is 52.3. The van der Waals surface area contributed by atoms with Crippen LogP contribution in [0.4, 0.5) is 49.9 Å². The summed E-state index contributed by atoms with van der Waals surface area (Å²) in [6, 6.07) is 49.6. The van der Waals surface area contributed by atoms with Crippen LogP contribution in [-0.2, 0) is 37.9 Å². The minimum Gasteiger partial charge on any atom is -0.334 e. The van der Waals surface area contributed by atoms with E-state index in [1.54, 1.807) is 6.07 Å². The van der Waals surface area contributed by atoms with Crippen LogP contribution in [0.1, 0.15) is 201 Å². The van der Waals surface area contributed by atoms with Crippen LogP contribution in [-0.4, -0.2) is 12.3 Å². The lowest BCUT2D eigenvalue weighted by Crippen LogP contribution is -2.62. The summed E-state index contributed by atoms with van der Waals surface area (Å²) in [5, 5.41) is 0. The quantitative estimate of drug-likeness (QED) is 0.163. The van der Waals surface area contributed by atoms with Crippen molar-refractivity contribution in [2.75, 3.05) is 14.7 Å². The summed E-state index contributed by atoms with van der Waals surface area (Å²) in [5.74, 6) is -0.151. The van der Waals surface area contributed by atoms with E-state index in [1.807, 2.05) is 6.07 Å². The first-order valence-corrected chi connectivity index (χ1v) is 30.1. The van der Waals surface area contributed by atoms with Crippen molar-refractivity contribution in [2.24, 2.45) is 0 Å². The van der Waals surface area contributed by atoms with Crippen LogP contribution in [0.5, 0.6) is 0 Å². The summed E-state index contributed by atoms with van der Waals surface area (Å²) in [6.07, 6.45) is 8.99. The lowest BCUT2D eigenvalue weighted by Gasteiger charge is -2.51. The van der Waals surface area contributed by atoms with E-state index in [2.05, 4.69) is 241 Å². The fourth-order valence-electron chi connectivity index (χ4n) is 16.0. The molecule has 2 atom stereocenters. The van der Waals surface area contributed by atoms with Crippen LogP contribution in [0.2, 0.25) is 0 Å². The monoisotopic (exact) mass is 1050 g/mol. The van der Waals surface area contributed by atoms with Gasteiger partial charge in [-0.2, -0.15) is 0 Å². The maximum atomic E-state index is 15.6. The third-order valence-corrected chi connectivity index (χ3v) is 21.5. The van der Waals surface area contributed by atoms with Gasteiger partial charge in [0.15, 0.2) is 0 Å². The highest BCUT2D eigenvalue weighted by Crippen LogP contribution is 2.62. The van der Waals surface area contributed by atoms with Crippen LogP contribution >= 0.6 is 0 Å². The number of hydrogen-bond acceptors (Lipinski definition) is 3. The number of rotatable bonds is 4. The van der Waals surface area contributed by atoms with Crippen LogP contribution in [0, 0.1) is 5.82 Å². The molecule has 5 heteroatoms. The molecule has 0 aromatic heterocycles. The largest absolute Gasteiger partial charge is 0.334 e. The molecule has 1 fully saturated rings. The predicted octanol–water partition coefficient (Wildman–Crippen LogP) is 18.6. The molecule has 1 saturated carbocycles. The van der Waals surface area contributed by atoms with Crippen LogP contribution in [0.15, 0.2) is 127 Å². The van der Waals surface area contributed by atoms with E-state index in [-0.39, 0.29) is 56.0 Å². The molecule has 13 rings (SSSR count). The zero-order chi connectivity index (χ0) is 55.9. The van der Waals surface area contributed by atoms with Gasteiger partial charge in [-0.25, -0.2) is 4.39 Å². The van der Waals surface area contributed by atoms with E-state index in [4.69, 9.17) is 0 Å². The Morgan fingerprint density at radius 3 is 1.65 bits per heavy atom. The zero-order valence-corrected chi connectivity index (χ0v) is 50.6. The van der Waals surface area contributed by atoms with E-state index < -0.39 is 0 Å². The first-order valence-electron chi connectivity index (χ1n) is 30.1. The van der Waals surface area contributed by atoms with Gasteiger partial charge in [-0.3, -0.25) is 0 Å². The molecule has 0 radical (unpaired) electrons. The van der Waals surface area contributed by atoms with Crippen molar-refractivity contribution >= 4 is 68.6 Å². The van der Waals surface area contributed by atoms with Gasteiger partial charge in [-0.1, -0.05) is 171 Å². The Labute approximate surface area is 474 Å². The Bertz CT molecular complexity index is 3680. The minimum atomic E-state index is -0.253. The highest BCUT2D eigenvalue weighted by Gasteiger charge is 2.58. The van der Waals surface area contributed by atoms with Crippen molar-refractivity contribution in [2.45, 2.75) is 206 Å². The Hall–Kier alpha value is -6.07. The molecule has 79 heavy (non-hydrogen) atoms. The van der Waals surface area contributed by atoms with Gasteiger partial charge in [-0.05, 0) is 212 Å². The number of benzene rings is 7. The van der Waals surface area contributed by atoms with Crippen LogP contribution < -0.4 is 31.1 Å². The lowest BCUT2D eigenvalue weighted by atomic mass is 9.33. The molecule has 7 aromatic carbocycles. The van der Waals surface area contributed by atoms with Crippen LogP contribution in [0.25, 0.3) is 11.1 Å². The molecule has 2 unspecified atom stereocenters. The topological polar surface area (TPSA) is 9.72 Å². The van der Waals surface area contributed by atoms with E-state index in [9.17, 15) is 0 Å². The molecule has 0 N–H and O–H groups in total. The fraction of sp³-hybridized carbons (Fsp3) is 0.432. The van der Waals surface area contributed by atoms with Crippen molar-refractivity contribution in [3.63, 3.8) is 0 Å². The Kier molecular flexibility index (Phi) is 11.3. The molecule has 3 heterocycles. The van der Waals surface area contributed by atoms with Gasteiger partial charge < -0.3 is 14.7 Å². The van der Waals surface area contributed by atoms with Crippen molar-refractivity contribution in [3.05, 3.63) is 172 Å². The smallest absolute Gasteiger partial charge is 0.252 e. The maximum absolute atomic E-state index is 15.6. The van der Waals surface area contributed by atoms with Gasteiger partial charge in [-0.15, -0.1) is 0 Å². The number of hydrogen-bond donors (Lipinski definition) is 0. The number of anilines is 8. The molecule has 0 amide bonds. The van der Waals surface area contributed by atoms with Crippen LogP contribution in [0.3, 0.4) is 0 Å². The predicted molar refractivity (Wildman–Crippen MR) is 337 cm³/mol. The molecular formula is C74H85BFN3. The van der Waals surface area contributed by atoms with E-state index in [0.29, 0.717) is 0 Å². The summed E-state index contributed by atoms with van der Waals surface area (Å²) in [4.78, 5) is 8.05. The molecule has 0 bridgehead atoms. The lowest BCUT2D eigenvalue weighted by molar-refractivity contribution is 0.194. The number of fused-ring (bicyclic) bond motifs is 9. The first-order chi connectivity index (χ1) is 37.0. The zero-order valence-electron chi connectivity index (χ0n) is 50.6. The van der Waals surface area contributed by atoms with Crippen molar-refractivity contribution < 1.29 is 4.39 Å². The maximum Gasteiger partial charge on any atom is 0.252 e. The van der Waals surface area contributed by atoms with Crippen molar-refractivity contribution in [1.82, 2.24) is 0 Å². The van der Waals surface area contributed by atoms with Gasteiger partial charge in [0.1, 0.15) is 5.82 Å². The summed E-state index contributed by atoms with van der Waals surface area (Å²) in [7, 11) is 0. The highest BCUT2D eigenvalue weighted by atomic mass is 19.1. The fourth-order valence-corrected chi connectivity index (χ4v) is 16.0. The summed E-state index contributed by atoms with van der Waals surface area (Å²) in [6.45, 7) is 38.8. The number of halogens is 1. The molecular weight excluding hydrogens is 961 g/mol. The average Bonchev–Trinajstić information content (AvgIpc) is 2.79. The molecule has 3 nitrogen and oxygen atoms in total. The average molecular weight is 1050 g/mol. The third-order valence-electron chi connectivity index (χ3n) is 21.5. The van der Waals surface area contributed by atoms with Gasteiger partial charge in [0, 0.05) is 50.8 Å². The third kappa shape index (κ3) is 7.69. The van der Waals surface area contributed by atoms with E-state index in [0.717, 1.165) is 56.2 Å². The normalized spacial score (nSPS) is 22.7. The second-order valence-corrected chi connectivity index (χ2v) is 30.4. The molecule has 406 valence electrons. The SMILES string of the molecule is CC(C)(C)c1ccc(N2c3cc(N4c5ccc(F)cc5C5(C)CCCCC45C)ccc3B3c4cc5c(cc4N(c4ccc6c(c4)C(C)(C)CCC6(C)C)c4cc(C(C)(C)C)cc2c43)C(C)(C)CCC5(C)C)c(-c2ccccc2)c1. The summed E-state index contributed by atoms with van der Waals surface area (Å²) < 4.78 is 15.6. The molecule has 3 aliphatic carbocycles. The van der Waals surface area contributed by atoms with Gasteiger partial charge in [0.25, 0.3) is 6.71 Å². The Morgan fingerprint density at radius 2 is 0.987 bits per heavy atom. The minimum absolute atomic E-state index is 0.00280. The molecule has 0 saturated heterocycles.